The first-order valence-electron chi connectivity index (χ1n) is 8.82. The van der Waals surface area contributed by atoms with Crippen LogP contribution in [0.5, 0.6) is 5.75 Å². The van der Waals surface area contributed by atoms with E-state index in [1.54, 1.807) is 25.5 Å². The summed E-state index contributed by atoms with van der Waals surface area (Å²) >= 11 is 1.76. The lowest BCUT2D eigenvalue weighted by atomic mass is 10.1. The first kappa shape index (κ1) is 20.3. The van der Waals surface area contributed by atoms with Crippen LogP contribution in [0.3, 0.4) is 0 Å². The van der Waals surface area contributed by atoms with Crippen LogP contribution in [0, 0.1) is 13.8 Å². The molecule has 0 aliphatic heterocycles. The molecule has 0 bridgehead atoms. The highest BCUT2D eigenvalue weighted by atomic mass is 32.1. The standard InChI is InChI=1S/C20H29N3O2S/c1-15-6-7-17(18(12-15)25-10-5-9-24-4)13-22-20(21-3)23-14-19-16(2)8-11-26-19/h6-8,11-12H,5,9-10,13-14H2,1-4H3,(H2,21,22,23). The molecule has 2 rings (SSSR count). The highest BCUT2D eigenvalue weighted by Gasteiger charge is 2.07. The Bertz CT molecular complexity index is 713. The maximum atomic E-state index is 5.94. The van der Waals surface area contributed by atoms with Crippen molar-refractivity contribution < 1.29 is 9.47 Å². The highest BCUT2D eigenvalue weighted by molar-refractivity contribution is 7.10. The molecule has 5 nitrogen and oxygen atoms in total. The molecule has 0 saturated carbocycles. The number of rotatable bonds is 9. The molecule has 1 heterocycles. The Morgan fingerprint density at radius 2 is 1.92 bits per heavy atom. The van der Waals surface area contributed by atoms with Gasteiger partial charge in [0.2, 0.25) is 0 Å². The Balaban J connectivity index is 1.90. The minimum absolute atomic E-state index is 0.648. The molecule has 0 fully saturated rings. The van der Waals surface area contributed by atoms with Gasteiger partial charge in [0.05, 0.1) is 13.2 Å². The fourth-order valence-corrected chi connectivity index (χ4v) is 3.32. The number of methoxy groups -OCH3 is 1. The first-order valence-corrected chi connectivity index (χ1v) is 9.70. The largest absolute Gasteiger partial charge is 0.493 e. The number of ether oxygens (including phenoxy) is 2. The van der Waals surface area contributed by atoms with Crippen molar-refractivity contribution in [3.05, 3.63) is 51.2 Å². The molecule has 0 saturated heterocycles. The van der Waals surface area contributed by atoms with E-state index in [9.17, 15) is 0 Å². The molecule has 2 aromatic rings. The lowest BCUT2D eigenvalue weighted by molar-refractivity contribution is 0.172. The van der Waals surface area contributed by atoms with Gasteiger partial charge < -0.3 is 20.1 Å². The minimum atomic E-state index is 0.648. The summed E-state index contributed by atoms with van der Waals surface area (Å²) in [4.78, 5) is 5.63. The SMILES string of the molecule is CN=C(NCc1ccc(C)cc1OCCCOC)NCc1sccc1C. The van der Waals surface area contributed by atoms with Crippen molar-refractivity contribution in [1.82, 2.24) is 10.6 Å². The summed E-state index contributed by atoms with van der Waals surface area (Å²) in [6.45, 7) is 6.99. The molecular formula is C20H29N3O2S. The third-order valence-electron chi connectivity index (χ3n) is 4.03. The number of guanidine groups is 1. The number of aryl methyl sites for hydroxylation is 2. The molecule has 1 aromatic carbocycles. The molecule has 142 valence electrons. The number of benzene rings is 1. The fourth-order valence-electron chi connectivity index (χ4n) is 2.48. The molecule has 0 radical (unpaired) electrons. The normalized spacial score (nSPS) is 11.5. The van der Waals surface area contributed by atoms with Gasteiger partial charge in [-0.05, 0) is 42.5 Å². The van der Waals surface area contributed by atoms with E-state index in [0.29, 0.717) is 19.8 Å². The van der Waals surface area contributed by atoms with Crippen molar-refractivity contribution in [2.75, 3.05) is 27.4 Å². The predicted molar refractivity (Wildman–Crippen MR) is 109 cm³/mol. The summed E-state index contributed by atoms with van der Waals surface area (Å²) in [5, 5.41) is 8.85. The Morgan fingerprint density at radius 3 is 2.62 bits per heavy atom. The van der Waals surface area contributed by atoms with Crippen molar-refractivity contribution in [3.8, 4) is 5.75 Å². The quantitative estimate of drug-likeness (QED) is 0.399. The third-order valence-corrected chi connectivity index (χ3v) is 5.05. The number of hydrogen-bond acceptors (Lipinski definition) is 4. The summed E-state index contributed by atoms with van der Waals surface area (Å²) in [5.74, 6) is 1.70. The van der Waals surface area contributed by atoms with Gasteiger partial charge in [0, 0.05) is 44.2 Å². The van der Waals surface area contributed by atoms with E-state index in [4.69, 9.17) is 9.47 Å². The second-order valence-electron chi connectivity index (χ2n) is 6.11. The lowest BCUT2D eigenvalue weighted by Crippen LogP contribution is -2.36. The first-order chi connectivity index (χ1) is 12.6. The van der Waals surface area contributed by atoms with Gasteiger partial charge in [0.15, 0.2) is 5.96 Å². The van der Waals surface area contributed by atoms with Gasteiger partial charge in [-0.1, -0.05) is 12.1 Å². The molecule has 6 heteroatoms. The van der Waals surface area contributed by atoms with E-state index in [1.165, 1.54) is 16.0 Å². The summed E-state index contributed by atoms with van der Waals surface area (Å²) in [5.41, 5.74) is 3.61. The molecular weight excluding hydrogens is 346 g/mol. The Hall–Kier alpha value is -2.05. The van der Waals surface area contributed by atoms with Crippen LogP contribution in [0.4, 0.5) is 0 Å². The lowest BCUT2D eigenvalue weighted by Gasteiger charge is -2.15. The highest BCUT2D eigenvalue weighted by Crippen LogP contribution is 2.20. The number of thiophene rings is 1. The summed E-state index contributed by atoms with van der Waals surface area (Å²) in [6.07, 6.45) is 0.876. The number of nitrogens with one attached hydrogen (secondary N) is 2. The molecule has 1 aromatic heterocycles. The summed E-state index contributed by atoms with van der Waals surface area (Å²) in [7, 11) is 3.49. The average Bonchev–Trinajstić information content (AvgIpc) is 3.05. The van der Waals surface area contributed by atoms with Crippen molar-refractivity contribution in [3.63, 3.8) is 0 Å². The van der Waals surface area contributed by atoms with E-state index in [1.807, 2.05) is 0 Å². The van der Waals surface area contributed by atoms with E-state index in [-0.39, 0.29) is 0 Å². The fraction of sp³-hybridized carbons (Fsp3) is 0.450. The molecule has 0 atom stereocenters. The van der Waals surface area contributed by atoms with Gasteiger partial charge in [-0.25, -0.2) is 0 Å². The second-order valence-corrected chi connectivity index (χ2v) is 7.11. The van der Waals surface area contributed by atoms with E-state index < -0.39 is 0 Å². The Morgan fingerprint density at radius 1 is 1.12 bits per heavy atom. The second kappa shape index (κ2) is 10.8. The molecule has 0 amide bonds. The van der Waals surface area contributed by atoms with Crippen LogP contribution in [0.15, 0.2) is 34.6 Å². The average molecular weight is 376 g/mol. The molecule has 0 aliphatic carbocycles. The maximum absolute atomic E-state index is 5.94. The van der Waals surface area contributed by atoms with Crippen molar-refractivity contribution in [1.29, 1.82) is 0 Å². The maximum Gasteiger partial charge on any atom is 0.191 e. The Kier molecular flexibility index (Phi) is 8.44. The van der Waals surface area contributed by atoms with E-state index in [0.717, 1.165) is 30.2 Å². The van der Waals surface area contributed by atoms with Gasteiger partial charge in [0.25, 0.3) is 0 Å². The molecule has 0 unspecified atom stereocenters. The number of aliphatic imine (C=N–C) groups is 1. The van der Waals surface area contributed by atoms with Crippen LogP contribution < -0.4 is 15.4 Å². The Labute approximate surface area is 160 Å². The predicted octanol–water partition coefficient (Wildman–Crippen LogP) is 3.65. The van der Waals surface area contributed by atoms with Crippen LogP contribution >= 0.6 is 11.3 Å². The zero-order valence-corrected chi connectivity index (χ0v) is 16.9. The van der Waals surface area contributed by atoms with Gasteiger partial charge in [-0.2, -0.15) is 0 Å². The van der Waals surface area contributed by atoms with Gasteiger partial charge in [-0.3, -0.25) is 4.99 Å². The summed E-state index contributed by atoms with van der Waals surface area (Å²) < 4.78 is 11.0. The third kappa shape index (κ3) is 6.35. The van der Waals surface area contributed by atoms with Gasteiger partial charge in [-0.15, -0.1) is 11.3 Å². The van der Waals surface area contributed by atoms with Gasteiger partial charge in [0.1, 0.15) is 5.75 Å². The topological polar surface area (TPSA) is 54.9 Å². The number of nitrogens with zero attached hydrogens (tertiary/aromatic N) is 1. The molecule has 0 spiro atoms. The van der Waals surface area contributed by atoms with Crippen molar-refractivity contribution >= 4 is 17.3 Å². The van der Waals surface area contributed by atoms with E-state index >= 15 is 0 Å². The monoisotopic (exact) mass is 375 g/mol. The minimum Gasteiger partial charge on any atom is -0.493 e. The summed E-state index contributed by atoms with van der Waals surface area (Å²) in [6, 6.07) is 8.42. The van der Waals surface area contributed by atoms with E-state index in [2.05, 4.69) is 59.1 Å². The zero-order valence-electron chi connectivity index (χ0n) is 16.1. The van der Waals surface area contributed by atoms with Crippen molar-refractivity contribution in [2.45, 2.75) is 33.4 Å². The van der Waals surface area contributed by atoms with Gasteiger partial charge >= 0.3 is 0 Å². The molecule has 2 N–H and O–H groups in total. The smallest absolute Gasteiger partial charge is 0.191 e. The van der Waals surface area contributed by atoms with Crippen LogP contribution in [0.1, 0.15) is 28.0 Å². The van der Waals surface area contributed by atoms with Crippen LogP contribution in [0.2, 0.25) is 0 Å². The zero-order chi connectivity index (χ0) is 18.8. The molecule has 0 aliphatic rings. The number of hydrogen-bond donors (Lipinski definition) is 2. The molecule has 26 heavy (non-hydrogen) atoms. The van der Waals surface area contributed by atoms with Crippen LogP contribution in [-0.2, 0) is 17.8 Å². The van der Waals surface area contributed by atoms with Crippen LogP contribution in [0.25, 0.3) is 0 Å². The van der Waals surface area contributed by atoms with Crippen LogP contribution in [-0.4, -0.2) is 33.3 Å². The van der Waals surface area contributed by atoms with Crippen molar-refractivity contribution in [2.24, 2.45) is 4.99 Å².